The van der Waals surface area contributed by atoms with E-state index in [9.17, 15) is 0 Å². The third kappa shape index (κ3) is 3.21. The molecule has 2 aliphatic carbocycles. The van der Waals surface area contributed by atoms with Crippen LogP contribution in [0.25, 0.3) is 0 Å². The zero-order valence-corrected chi connectivity index (χ0v) is 10.8. The first-order chi connectivity index (χ1) is 7.79. The zero-order valence-electron chi connectivity index (χ0n) is 10.8. The van der Waals surface area contributed by atoms with Gasteiger partial charge in [-0.15, -0.1) is 0 Å². The second-order valence-corrected chi connectivity index (χ2v) is 6.01. The minimum atomic E-state index is 0.720. The highest BCUT2D eigenvalue weighted by Crippen LogP contribution is 2.28. The number of nitrogens with one attached hydrogen (secondary N) is 1. The molecule has 0 spiro atoms. The normalized spacial score (nSPS) is 40.9. The van der Waals surface area contributed by atoms with Gasteiger partial charge in [-0.1, -0.05) is 19.8 Å². The molecule has 0 saturated heterocycles. The van der Waals surface area contributed by atoms with Gasteiger partial charge in [0.15, 0.2) is 0 Å². The molecule has 0 radical (unpaired) electrons. The minimum absolute atomic E-state index is 0.720. The van der Waals surface area contributed by atoms with Crippen molar-refractivity contribution in [1.29, 1.82) is 0 Å². The maximum atomic E-state index is 5.88. The molecule has 94 valence electrons. The van der Waals surface area contributed by atoms with E-state index in [1.165, 1.54) is 51.4 Å². The zero-order chi connectivity index (χ0) is 11.4. The fourth-order valence-electron chi connectivity index (χ4n) is 3.44. The van der Waals surface area contributed by atoms with Gasteiger partial charge in [-0.05, 0) is 56.9 Å². The smallest absolute Gasteiger partial charge is 0.0110 e. The number of nitrogens with two attached hydrogens (primary N) is 1. The van der Waals surface area contributed by atoms with Crippen LogP contribution in [0, 0.1) is 11.8 Å². The molecule has 0 aromatic heterocycles. The number of hydrogen-bond acceptors (Lipinski definition) is 2. The molecule has 0 aromatic rings. The minimum Gasteiger partial charge on any atom is -0.330 e. The predicted octanol–water partition coefficient (Wildman–Crippen LogP) is 2.67. The molecule has 0 heterocycles. The number of hydrogen-bond donors (Lipinski definition) is 2. The maximum absolute atomic E-state index is 5.88. The lowest BCUT2D eigenvalue weighted by Crippen LogP contribution is -2.47. The Morgan fingerprint density at radius 3 is 2.38 bits per heavy atom. The van der Waals surface area contributed by atoms with Gasteiger partial charge in [-0.2, -0.15) is 0 Å². The van der Waals surface area contributed by atoms with Crippen molar-refractivity contribution in [2.75, 3.05) is 6.54 Å². The molecule has 2 unspecified atom stereocenters. The molecule has 2 atom stereocenters. The molecule has 0 bridgehead atoms. The molecule has 2 rings (SSSR count). The van der Waals surface area contributed by atoms with Crippen LogP contribution in [0.3, 0.4) is 0 Å². The van der Waals surface area contributed by atoms with Gasteiger partial charge >= 0.3 is 0 Å². The van der Waals surface area contributed by atoms with Crippen molar-refractivity contribution in [2.45, 2.75) is 70.4 Å². The van der Waals surface area contributed by atoms with Gasteiger partial charge in [0.2, 0.25) is 0 Å². The molecule has 2 saturated carbocycles. The van der Waals surface area contributed by atoms with Crippen LogP contribution < -0.4 is 11.1 Å². The van der Waals surface area contributed by atoms with E-state index in [1.807, 2.05) is 0 Å². The van der Waals surface area contributed by atoms with Crippen LogP contribution in [0.1, 0.15) is 58.3 Å². The van der Waals surface area contributed by atoms with E-state index in [-0.39, 0.29) is 0 Å². The van der Waals surface area contributed by atoms with Crippen molar-refractivity contribution in [3.63, 3.8) is 0 Å². The average molecular weight is 224 g/mol. The average Bonchev–Trinajstić information content (AvgIpc) is 2.33. The summed E-state index contributed by atoms with van der Waals surface area (Å²) in [4.78, 5) is 0. The van der Waals surface area contributed by atoms with Gasteiger partial charge in [-0.3, -0.25) is 0 Å². The van der Waals surface area contributed by atoms with Gasteiger partial charge in [0.05, 0.1) is 0 Å². The van der Waals surface area contributed by atoms with Crippen molar-refractivity contribution < 1.29 is 0 Å². The van der Waals surface area contributed by atoms with E-state index in [2.05, 4.69) is 12.2 Å². The molecule has 0 aliphatic heterocycles. The molecule has 0 aromatic carbocycles. The summed E-state index contributed by atoms with van der Waals surface area (Å²) < 4.78 is 0. The van der Waals surface area contributed by atoms with E-state index in [1.54, 1.807) is 0 Å². The van der Waals surface area contributed by atoms with E-state index < -0.39 is 0 Å². The quantitative estimate of drug-likeness (QED) is 0.773. The largest absolute Gasteiger partial charge is 0.330 e. The molecular weight excluding hydrogens is 196 g/mol. The Bertz CT molecular complexity index is 197. The van der Waals surface area contributed by atoms with Crippen LogP contribution in [-0.2, 0) is 0 Å². The molecule has 2 heteroatoms. The van der Waals surface area contributed by atoms with Gasteiger partial charge < -0.3 is 11.1 Å². The first-order valence-corrected chi connectivity index (χ1v) is 7.25. The topological polar surface area (TPSA) is 38.0 Å². The molecule has 16 heavy (non-hydrogen) atoms. The van der Waals surface area contributed by atoms with E-state index in [0.29, 0.717) is 0 Å². The SMILES string of the molecule is CC1CCC(NC2CCCCC2CN)CC1. The number of rotatable bonds is 3. The van der Waals surface area contributed by atoms with Crippen LogP contribution in [-0.4, -0.2) is 18.6 Å². The van der Waals surface area contributed by atoms with Gasteiger partial charge in [0.1, 0.15) is 0 Å². The molecule has 2 fully saturated rings. The lowest BCUT2D eigenvalue weighted by molar-refractivity contribution is 0.213. The Hall–Kier alpha value is -0.0800. The molecule has 3 N–H and O–H groups in total. The maximum Gasteiger partial charge on any atom is 0.0110 e. The van der Waals surface area contributed by atoms with E-state index in [0.717, 1.165) is 30.5 Å². The van der Waals surface area contributed by atoms with Crippen LogP contribution >= 0.6 is 0 Å². The fraction of sp³-hybridized carbons (Fsp3) is 1.00. The van der Waals surface area contributed by atoms with Gasteiger partial charge in [0.25, 0.3) is 0 Å². The summed E-state index contributed by atoms with van der Waals surface area (Å²) in [5, 5.41) is 3.90. The third-order valence-corrected chi connectivity index (χ3v) is 4.68. The van der Waals surface area contributed by atoms with Gasteiger partial charge in [0, 0.05) is 12.1 Å². The van der Waals surface area contributed by atoms with Crippen LogP contribution in [0.2, 0.25) is 0 Å². The highest BCUT2D eigenvalue weighted by Gasteiger charge is 2.27. The summed E-state index contributed by atoms with van der Waals surface area (Å²) in [6.45, 7) is 3.26. The third-order valence-electron chi connectivity index (χ3n) is 4.68. The van der Waals surface area contributed by atoms with Gasteiger partial charge in [-0.25, -0.2) is 0 Å². The van der Waals surface area contributed by atoms with Crippen LogP contribution in [0.4, 0.5) is 0 Å². The molecular formula is C14H28N2. The van der Waals surface area contributed by atoms with E-state index >= 15 is 0 Å². The highest BCUT2D eigenvalue weighted by molar-refractivity contribution is 4.86. The van der Waals surface area contributed by atoms with Crippen molar-refractivity contribution in [2.24, 2.45) is 17.6 Å². The Balaban J connectivity index is 1.78. The Kier molecular flexibility index (Phi) is 4.66. The van der Waals surface area contributed by atoms with Crippen molar-refractivity contribution in [3.8, 4) is 0 Å². The standard InChI is InChI=1S/C14H28N2/c1-11-6-8-13(9-7-11)16-14-5-3-2-4-12(14)10-15/h11-14,16H,2-10,15H2,1H3. The summed E-state index contributed by atoms with van der Waals surface area (Å²) in [5.41, 5.74) is 5.88. The van der Waals surface area contributed by atoms with Crippen molar-refractivity contribution in [1.82, 2.24) is 5.32 Å². The summed E-state index contributed by atoms with van der Waals surface area (Å²) in [7, 11) is 0. The van der Waals surface area contributed by atoms with Crippen LogP contribution in [0.15, 0.2) is 0 Å². The summed E-state index contributed by atoms with van der Waals surface area (Å²) in [6, 6.07) is 1.51. The highest BCUT2D eigenvalue weighted by atomic mass is 15.0. The lowest BCUT2D eigenvalue weighted by atomic mass is 9.82. The Morgan fingerprint density at radius 1 is 1.00 bits per heavy atom. The van der Waals surface area contributed by atoms with Crippen LogP contribution in [0.5, 0.6) is 0 Å². The fourth-order valence-corrected chi connectivity index (χ4v) is 3.44. The van der Waals surface area contributed by atoms with Crippen molar-refractivity contribution >= 4 is 0 Å². The first kappa shape index (κ1) is 12.4. The summed E-state index contributed by atoms with van der Waals surface area (Å²) in [6.07, 6.45) is 11.1. The second-order valence-electron chi connectivity index (χ2n) is 6.01. The van der Waals surface area contributed by atoms with Crippen molar-refractivity contribution in [3.05, 3.63) is 0 Å². The second kappa shape index (κ2) is 6.02. The lowest BCUT2D eigenvalue weighted by Gasteiger charge is -2.37. The summed E-state index contributed by atoms with van der Waals surface area (Å²) >= 11 is 0. The molecule has 0 amide bonds. The summed E-state index contributed by atoms with van der Waals surface area (Å²) in [5.74, 6) is 1.70. The first-order valence-electron chi connectivity index (χ1n) is 7.25. The predicted molar refractivity (Wildman–Crippen MR) is 69.4 cm³/mol. The molecule has 2 aliphatic rings. The van der Waals surface area contributed by atoms with E-state index in [4.69, 9.17) is 5.73 Å². The monoisotopic (exact) mass is 224 g/mol. The Morgan fingerprint density at radius 2 is 1.69 bits per heavy atom. The Labute approximate surface area is 100 Å². The molecule has 2 nitrogen and oxygen atoms in total.